The maximum absolute atomic E-state index is 7.02. The summed E-state index contributed by atoms with van der Waals surface area (Å²) in [4.78, 5) is 5.28. The van der Waals surface area contributed by atoms with Crippen molar-refractivity contribution in [1.29, 1.82) is 0 Å². The third-order valence-electron chi connectivity index (χ3n) is 8.17. The van der Waals surface area contributed by atoms with Crippen LogP contribution >= 0.6 is 11.6 Å². The predicted molar refractivity (Wildman–Crippen MR) is 152 cm³/mol. The Bertz CT molecular complexity index is 982. The minimum atomic E-state index is 0.416. The lowest BCUT2D eigenvalue weighted by atomic mass is 9.83. The van der Waals surface area contributed by atoms with Gasteiger partial charge in [-0.3, -0.25) is 9.80 Å². The highest BCUT2D eigenvalue weighted by atomic mass is 35.5. The van der Waals surface area contributed by atoms with Crippen LogP contribution in [-0.2, 0) is 19.5 Å². The first-order chi connectivity index (χ1) is 16.8. The van der Waals surface area contributed by atoms with Crippen molar-refractivity contribution < 1.29 is 0 Å². The second kappa shape index (κ2) is 12.3. The van der Waals surface area contributed by atoms with Crippen molar-refractivity contribution >= 4 is 11.6 Å². The van der Waals surface area contributed by atoms with E-state index in [-0.39, 0.29) is 0 Å². The third kappa shape index (κ3) is 6.70. The van der Waals surface area contributed by atoms with Crippen LogP contribution in [0.5, 0.6) is 0 Å². The van der Waals surface area contributed by atoms with Crippen LogP contribution in [0.25, 0.3) is 0 Å². The van der Waals surface area contributed by atoms with E-state index in [0.29, 0.717) is 11.8 Å². The molecule has 0 aromatic heterocycles. The van der Waals surface area contributed by atoms with E-state index in [0.717, 1.165) is 24.5 Å². The van der Waals surface area contributed by atoms with Gasteiger partial charge in [0.05, 0.1) is 0 Å². The predicted octanol–water partition coefficient (Wildman–Crippen LogP) is 8.46. The summed E-state index contributed by atoms with van der Waals surface area (Å²) in [5.41, 5.74) is 10.2. The van der Waals surface area contributed by atoms with Gasteiger partial charge in [-0.15, -0.1) is 0 Å². The van der Waals surface area contributed by atoms with Crippen molar-refractivity contribution in [2.75, 3.05) is 26.2 Å². The number of hydrogen-bond acceptors (Lipinski definition) is 2. The molecule has 0 saturated carbocycles. The molecular formula is C32H47ClN2. The number of hydrogen-bond donors (Lipinski definition) is 0. The number of aryl methyl sites for hydroxylation is 1. The molecule has 0 aliphatic carbocycles. The van der Waals surface area contributed by atoms with Gasteiger partial charge >= 0.3 is 0 Å². The molecule has 2 fully saturated rings. The average molecular weight is 495 g/mol. The molecule has 4 rings (SSSR count). The van der Waals surface area contributed by atoms with Gasteiger partial charge in [0, 0.05) is 18.1 Å². The van der Waals surface area contributed by atoms with Gasteiger partial charge in [0.2, 0.25) is 0 Å². The van der Waals surface area contributed by atoms with Gasteiger partial charge in [-0.1, -0.05) is 70.3 Å². The van der Waals surface area contributed by atoms with Crippen molar-refractivity contribution in [3.8, 4) is 0 Å². The standard InChI is InChI=1S/C32H47ClN2/c1-23(2)31-25(5)12-13-27(22-35-16-10-7-11-17-35)29(31)20-28-18-26(19-30(33)32(28)24(3)4)21-34-14-8-6-9-15-34/h12-13,18-19,23-24H,6-11,14-17,20-22H2,1-5H3. The second-order valence-corrected chi connectivity index (χ2v) is 12.2. The summed E-state index contributed by atoms with van der Waals surface area (Å²) in [5.74, 6) is 0.931. The summed E-state index contributed by atoms with van der Waals surface area (Å²) >= 11 is 7.02. The van der Waals surface area contributed by atoms with Gasteiger partial charge in [0.25, 0.3) is 0 Å². The van der Waals surface area contributed by atoms with Crippen LogP contribution in [0.15, 0.2) is 24.3 Å². The number of piperidine rings is 2. The molecule has 2 saturated heterocycles. The van der Waals surface area contributed by atoms with Crippen molar-refractivity contribution in [3.05, 3.63) is 68.2 Å². The molecule has 2 aliphatic rings. The highest BCUT2D eigenvalue weighted by molar-refractivity contribution is 6.31. The van der Waals surface area contributed by atoms with Crippen molar-refractivity contribution in [1.82, 2.24) is 9.80 Å². The highest BCUT2D eigenvalue weighted by Gasteiger charge is 2.21. The van der Waals surface area contributed by atoms with Crippen molar-refractivity contribution in [2.24, 2.45) is 0 Å². The lowest BCUT2D eigenvalue weighted by molar-refractivity contribution is 0.220. The second-order valence-electron chi connectivity index (χ2n) is 11.7. The van der Waals surface area contributed by atoms with E-state index in [4.69, 9.17) is 11.6 Å². The summed E-state index contributed by atoms with van der Waals surface area (Å²) in [7, 11) is 0. The first kappa shape index (κ1) is 26.7. The lowest BCUT2D eigenvalue weighted by Gasteiger charge is -2.30. The molecule has 0 unspecified atom stereocenters. The van der Waals surface area contributed by atoms with Crippen molar-refractivity contribution in [2.45, 2.75) is 104 Å². The van der Waals surface area contributed by atoms with Crippen molar-refractivity contribution in [3.63, 3.8) is 0 Å². The first-order valence-electron chi connectivity index (χ1n) is 14.2. The van der Waals surface area contributed by atoms with Crippen LogP contribution in [0.1, 0.15) is 117 Å². The minimum absolute atomic E-state index is 0.416. The van der Waals surface area contributed by atoms with E-state index in [1.165, 1.54) is 92.5 Å². The molecule has 0 radical (unpaired) electrons. The fraction of sp³-hybridized carbons (Fsp3) is 0.625. The van der Waals surface area contributed by atoms with E-state index in [1.807, 2.05) is 0 Å². The summed E-state index contributed by atoms with van der Waals surface area (Å²) in [6, 6.07) is 9.52. The van der Waals surface area contributed by atoms with Crippen LogP contribution in [0.2, 0.25) is 5.02 Å². The third-order valence-corrected chi connectivity index (χ3v) is 8.48. The van der Waals surface area contributed by atoms with Gasteiger partial charge in [-0.05, 0) is 122 Å². The summed E-state index contributed by atoms with van der Waals surface area (Å²) in [5, 5.41) is 0.959. The Balaban J connectivity index is 1.73. The maximum Gasteiger partial charge on any atom is 0.0446 e. The molecule has 2 aliphatic heterocycles. The molecule has 3 heteroatoms. The fourth-order valence-corrected chi connectivity index (χ4v) is 7.01. The number of benzene rings is 2. The summed E-state index contributed by atoms with van der Waals surface area (Å²) in [6.45, 7) is 18.6. The normalized spacial score (nSPS) is 18.1. The Morgan fingerprint density at radius 3 is 1.86 bits per heavy atom. The Kier molecular flexibility index (Phi) is 9.35. The Hall–Kier alpha value is -1.35. The van der Waals surface area contributed by atoms with Crippen LogP contribution in [-0.4, -0.2) is 36.0 Å². The van der Waals surface area contributed by atoms with Gasteiger partial charge in [-0.25, -0.2) is 0 Å². The molecule has 2 aromatic rings. The Morgan fingerprint density at radius 2 is 1.29 bits per heavy atom. The van der Waals surface area contributed by atoms with Gasteiger partial charge in [-0.2, -0.15) is 0 Å². The topological polar surface area (TPSA) is 6.48 Å². The SMILES string of the molecule is Cc1ccc(CN2CCCCC2)c(Cc2cc(CN3CCCCC3)cc(Cl)c2C(C)C)c1C(C)C. The van der Waals surface area contributed by atoms with E-state index in [9.17, 15) is 0 Å². The quantitative estimate of drug-likeness (QED) is 0.363. The molecule has 35 heavy (non-hydrogen) atoms. The maximum atomic E-state index is 7.02. The molecule has 2 aromatic carbocycles. The monoisotopic (exact) mass is 494 g/mol. The summed E-state index contributed by atoms with van der Waals surface area (Å²) in [6.07, 6.45) is 9.07. The molecule has 0 N–H and O–H groups in total. The minimum Gasteiger partial charge on any atom is -0.299 e. The van der Waals surface area contributed by atoms with Crippen LogP contribution in [0.4, 0.5) is 0 Å². The van der Waals surface area contributed by atoms with Crippen LogP contribution in [0.3, 0.4) is 0 Å². The highest BCUT2D eigenvalue weighted by Crippen LogP contribution is 2.35. The number of rotatable bonds is 8. The van der Waals surface area contributed by atoms with E-state index in [1.54, 1.807) is 11.1 Å². The Morgan fingerprint density at radius 1 is 0.714 bits per heavy atom. The van der Waals surface area contributed by atoms with E-state index < -0.39 is 0 Å². The number of likely N-dealkylation sites (tertiary alicyclic amines) is 2. The molecule has 192 valence electrons. The van der Waals surface area contributed by atoms with Gasteiger partial charge < -0.3 is 0 Å². The lowest BCUT2D eigenvalue weighted by Crippen LogP contribution is -2.30. The van der Waals surface area contributed by atoms with Gasteiger partial charge in [0.15, 0.2) is 0 Å². The smallest absolute Gasteiger partial charge is 0.0446 e. The fourth-order valence-electron chi connectivity index (χ4n) is 6.53. The number of nitrogens with zero attached hydrogens (tertiary/aromatic N) is 2. The molecular weight excluding hydrogens is 448 g/mol. The molecule has 2 nitrogen and oxygen atoms in total. The molecule has 0 spiro atoms. The van der Waals surface area contributed by atoms with E-state index >= 15 is 0 Å². The van der Waals surface area contributed by atoms with Crippen LogP contribution < -0.4 is 0 Å². The first-order valence-corrected chi connectivity index (χ1v) is 14.6. The molecule has 0 amide bonds. The Labute approximate surface area is 220 Å². The van der Waals surface area contributed by atoms with Gasteiger partial charge in [0.1, 0.15) is 0 Å². The molecule has 0 atom stereocenters. The molecule has 0 bridgehead atoms. The van der Waals surface area contributed by atoms with Crippen LogP contribution in [0, 0.1) is 6.92 Å². The zero-order valence-corrected chi connectivity index (χ0v) is 23.7. The zero-order chi connectivity index (χ0) is 24.9. The largest absolute Gasteiger partial charge is 0.299 e. The average Bonchev–Trinajstić information content (AvgIpc) is 2.81. The van der Waals surface area contributed by atoms with E-state index in [2.05, 4.69) is 68.7 Å². The zero-order valence-electron chi connectivity index (χ0n) is 22.9. The number of halogens is 1. The summed E-state index contributed by atoms with van der Waals surface area (Å²) < 4.78 is 0. The molecule has 2 heterocycles.